The molecule has 0 aliphatic rings. The van der Waals surface area contributed by atoms with Crippen LogP contribution in [0.2, 0.25) is 5.15 Å². The van der Waals surface area contributed by atoms with Crippen LogP contribution in [0, 0.1) is 5.82 Å². The maximum atomic E-state index is 13.6. The van der Waals surface area contributed by atoms with E-state index in [1.807, 2.05) is 0 Å². The van der Waals surface area contributed by atoms with Crippen LogP contribution in [0.5, 0.6) is 0 Å². The van der Waals surface area contributed by atoms with Gasteiger partial charge in [0.1, 0.15) is 29.4 Å². The lowest BCUT2D eigenvalue weighted by molar-refractivity contribution is 0.00311. The van der Waals surface area contributed by atoms with Crippen LogP contribution < -0.4 is 0 Å². The molecule has 1 aromatic heterocycles. The van der Waals surface area contributed by atoms with Crippen LogP contribution >= 0.6 is 11.6 Å². The second-order valence-electron chi connectivity index (χ2n) is 6.53. The molecule has 1 aromatic carbocycles. The van der Waals surface area contributed by atoms with Crippen molar-refractivity contribution in [2.45, 2.75) is 38.5 Å². The Labute approximate surface area is 149 Å². The van der Waals surface area contributed by atoms with Gasteiger partial charge in [0.15, 0.2) is 0 Å². The topological polar surface area (TPSA) is 86.6 Å². The van der Waals surface area contributed by atoms with Crippen LogP contribution in [0.1, 0.15) is 44.2 Å². The van der Waals surface area contributed by atoms with Crippen molar-refractivity contribution in [2.24, 2.45) is 0 Å². The standard InChI is InChI=1S/C17H19ClFN3O3/c1-17(2,3)22(16(24)25)14(12-8-13(18)21-9-20-12)15(23)10-5-4-6-11(19)7-10/h4-9,14-15,23H,1-3H3,(H,24,25)/t14-,15-/m1/s1. The summed E-state index contributed by atoms with van der Waals surface area (Å²) >= 11 is 5.90. The smallest absolute Gasteiger partial charge is 0.408 e. The summed E-state index contributed by atoms with van der Waals surface area (Å²) in [6.45, 7) is 5.07. The highest BCUT2D eigenvalue weighted by molar-refractivity contribution is 6.29. The zero-order valence-corrected chi connectivity index (χ0v) is 14.8. The van der Waals surface area contributed by atoms with Crippen LogP contribution in [0.15, 0.2) is 36.7 Å². The third-order valence-electron chi connectivity index (χ3n) is 3.65. The molecule has 2 atom stereocenters. The van der Waals surface area contributed by atoms with Gasteiger partial charge >= 0.3 is 6.09 Å². The minimum atomic E-state index is -1.35. The molecule has 0 bridgehead atoms. The van der Waals surface area contributed by atoms with Crippen molar-refractivity contribution < 1.29 is 19.4 Å². The fourth-order valence-electron chi connectivity index (χ4n) is 2.64. The number of halogens is 2. The Morgan fingerprint density at radius 3 is 2.48 bits per heavy atom. The number of aromatic nitrogens is 2. The van der Waals surface area contributed by atoms with Gasteiger partial charge in [-0.3, -0.25) is 4.90 Å². The Bertz CT molecular complexity index is 767. The Balaban J connectivity index is 2.61. The van der Waals surface area contributed by atoms with E-state index >= 15 is 0 Å². The molecule has 2 aromatic rings. The largest absolute Gasteiger partial charge is 0.465 e. The molecule has 8 heteroatoms. The average Bonchev–Trinajstić information content (AvgIpc) is 2.50. The van der Waals surface area contributed by atoms with E-state index in [9.17, 15) is 19.4 Å². The molecule has 0 aliphatic carbocycles. The summed E-state index contributed by atoms with van der Waals surface area (Å²) in [5, 5.41) is 20.7. The first kappa shape index (κ1) is 19.1. The van der Waals surface area contributed by atoms with Crippen LogP contribution in [-0.4, -0.2) is 36.7 Å². The highest BCUT2D eigenvalue weighted by Gasteiger charge is 2.40. The summed E-state index contributed by atoms with van der Waals surface area (Å²) in [7, 11) is 0. The van der Waals surface area contributed by atoms with E-state index in [-0.39, 0.29) is 16.4 Å². The van der Waals surface area contributed by atoms with Crippen LogP contribution in [0.25, 0.3) is 0 Å². The summed E-state index contributed by atoms with van der Waals surface area (Å²) in [6.07, 6.45) is -1.41. The number of nitrogens with zero attached hydrogens (tertiary/aromatic N) is 3. The molecular formula is C17H19ClFN3O3. The van der Waals surface area contributed by atoms with E-state index in [0.717, 1.165) is 11.0 Å². The van der Waals surface area contributed by atoms with E-state index in [1.54, 1.807) is 20.8 Å². The number of hydrogen-bond acceptors (Lipinski definition) is 4. The number of carbonyl (C=O) groups is 1. The monoisotopic (exact) mass is 367 g/mol. The van der Waals surface area contributed by atoms with Gasteiger partial charge in [-0.25, -0.2) is 19.2 Å². The minimum absolute atomic E-state index is 0.112. The molecule has 0 radical (unpaired) electrons. The first-order chi connectivity index (χ1) is 11.6. The van der Waals surface area contributed by atoms with Gasteiger partial charge in [0.25, 0.3) is 0 Å². The molecule has 134 valence electrons. The van der Waals surface area contributed by atoms with Crippen molar-refractivity contribution in [1.29, 1.82) is 0 Å². The molecule has 0 spiro atoms. The zero-order valence-electron chi connectivity index (χ0n) is 14.0. The molecule has 2 N–H and O–H groups in total. The van der Waals surface area contributed by atoms with E-state index in [4.69, 9.17) is 11.6 Å². The summed E-state index contributed by atoms with van der Waals surface area (Å²) in [4.78, 5) is 20.8. The molecule has 1 heterocycles. The molecule has 0 saturated carbocycles. The molecule has 0 unspecified atom stereocenters. The number of rotatable bonds is 4. The van der Waals surface area contributed by atoms with Crippen molar-refractivity contribution in [2.75, 3.05) is 0 Å². The van der Waals surface area contributed by atoms with Crippen molar-refractivity contribution in [3.05, 3.63) is 58.9 Å². The van der Waals surface area contributed by atoms with Crippen molar-refractivity contribution in [1.82, 2.24) is 14.9 Å². The van der Waals surface area contributed by atoms with E-state index in [1.165, 1.54) is 30.6 Å². The van der Waals surface area contributed by atoms with Gasteiger partial charge in [0, 0.05) is 5.54 Å². The third-order valence-corrected chi connectivity index (χ3v) is 3.86. The number of hydrogen-bond donors (Lipinski definition) is 2. The van der Waals surface area contributed by atoms with E-state index in [0.29, 0.717) is 0 Å². The first-order valence-electron chi connectivity index (χ1n) is 7.54. The number of aliphatic hydroxyl groups excluding tert-OH is 1. The average molecular weight is 368 g/mol. The Kier molecular flexibility index (Phi) is 5.59. The maximum Gasteiger partial charge on any atom is 0.408 e. The quantitative estimate of drug-likeness (QED) is 0.802. The minimum Gasteiger partial charge on any atom is -0.465 e. The fourth-order valence-corrected chi connectivity index (χ4v) is 2.80. The molecule has 6 nitrogen and oxygen atoms in total. The maximum absolute atomic E-state index is 13.6. The highest BCUT2D eigenvalue weighted by atomic mass is 35.5. The Hall–Kier alpha value is -2.25. The second kappa shape index (κ2) is 7.33. The lowest BCUT2D eigenvalue weighted by atomic mass is 9.93. The second-order valence-corrected chi connectivity index (χ2v) is 6.92. The summed E-state index contributed by atoms with van der Waals surface area (Å²) in [5.74, 6) is -0.534. The van der Waals surface area contributed by atoms with Crippen LogP contribution in [-0.2, 0) is 0 Å². The molecule has 1 amide bonds. The first-order valence-corrected chi connectivity index (χ1v) is 7.92. The number of carboxylic acid groups (broad SMARTS) is 1. The molecular weight excluding hydrogens is 349 g/mol. The molecule has 2 rings (SSSR count). The molecule has 0 aliphatic heterocycles. The summed E-state index contributed by atoms with van der Waals surface area (Å²) in [6, 6.07) is 5.65. The number of aliphatic hydroxyl groups is 1. The predicted octanol–water partition coefficient (Wildman–Crippen LogP) is 3.82. The lowest BCUT2D eigenvalue weighted by Crippen LogP contribution is -2.49. The summed E-state index contributed by atoms with van der Waals surface area (Å²) < 4.78 is 13.6. The molecule has 0 fully saturated rings. The highest BCUT2D eigenvalue weighted by Crippen LogP contribution is 2.38. The van der Waals surface area contributed by atoms with Gasteiger partial charge in [-0.05, 0) is 44.5 Å². The van der Waals surface area contributed by atoms with E-state index < -0.39 is 29.6 Å². The SMILES string of the molecule is CC(C)(C)N(C(=O)O)[C@H](c1cc(Cl)ncn1)[C@H](O)c1cccc(F)c1. The molecule has 25 heavy (non-hydrogen) atoms. The fraction of sp³-hybridized carbons (Fsp3) is 0.353. The van der Waals surface area contributed by atoms with Crippen molar-refractivity contribution in [3.63, 3.8) is 0 Å². The Morgan fingerprint density at radius 2 is 1.96 bits per heavy atom. The number of benzene rings is 1. The lowest BCUT2D eigenvalue weighted by Gasteiger charge is -2.41. The van der Waals surface area contributed by atoms with Gasteiger partial charge in [-0.2, -0.15) is 0 Å². The van der Waals surface area contributed by atoms with Crippen LogP contribution in [0.4, 0.5) is 9.18 Å². The van der Waals surface area contributed by atoms with Gasteiger partial charge in [-0.15, -0.1) is 0 Å². The van der Waals surface area contributed by atoms with Gasteiger partial charge < -0.3 is 10.2 Å². The van der Waals surface area contributed by atoms with Crippen molar-refractivity contribution in [3.8, 4) is 0 Å². The normalized spacial score (nSPS) is 14.0. The van der Waals surface area contributed by atoms with Gasteiger partial charge in [0.2, 0.25) is 0 Å². The predicted molar refractivity (Wildman–Crippen MR) is 90.8 cm³/mol. The Morgan fingerprint density at radius 1 is 1.28 bits per heavy atom. The van der Waals surface area contributed by atoms with Crippen molar-refractivity contribution >= 4 is 17.7 Å². The third kappa shape index (κ3) is 4.43. The number of amides is 1. The zero-order chi connectivity index (χ0) is 18.8. The van der Waals surface area contributed by atoms with Gasteiger partial charge in [-0.1, -0.05) is 23.7 Å². The van der Waals surface area contributed by atoms with E-state index in [2.05, 4.69) is 9.97 Å². The summed E-state index contributed by atoms with van der Waals surface area (Å²) in [5.41, 5.74) is -0.410. The van der Waals surface area contributed by atoms with Crippen LogP contribution in [0.3, 0.4) is 0 Å². The molecule has 0 saturated heterocycles. The van der Waals surface area contributed by atoms with Gasteiger partial charge in [0.05, 0.1) is 5.69 Å².